The molecule has 3 aliphatic rings. The summed E-state index contributed by atoms with van der Waals surface area (Å²) >= 11 is 0. The Balaban J connectivity index is 1.30. The monoisotopic (exact) mass is 394 g/mol. The first kappa shape index (κ1) is 18.3. The van der Waals surface area contributed by atoms with Crippen LogP contribution >= 0.6 is 0 Å². The molecule has 2 aromatic rings. The quantitative estimate of drug-likeness (QED) is 0.837. The highest BCUT2D eigenvalue weighted by Gasteiger charge is 2.42. The minimum Gasteiger partial charge on any atom is -0.361 e. The second-order valence-electron chi connectivity index (χ2n) is 8.09. The number of benzene rings is 1. The molecular weight excluding hydrogens is 371 g/mol. The van der Waals surface area contributed by atoms with E-state index in [2.05, 4.69) is 22.4 Å². The van der Waals surface area contributed by atoms with Crippen LogP contribution in [0.3, 0.4) is 0 Å². The molecule has 150 valence electrons. The zero-order valence-corrected chi connectivity index (χ0v) is 16.2. The number of halogens is 1. The van der Waals surface area contributed by atoms with Gasteiger partial charge in [0.2, 0.25) is 5.91 Å². The normalized spacial score (nSPS) is 25.6. The number of rotatable bonds is 3. The molecule has 1 aliphatic carbocycles. The summed E-state index contributed by atoms with van der Waals surface area (Å²) in [6.45, 7) is 3.05. The van der Waals surface area contributed by atoms with Crippen LogP contribution in [0.2, 0.25) is 0 Å². The minimum absolute atomic E-state index is 0.0242. The van der Waals surface area contributed by atoms with Crippen molar-refractivity contribution in [1.82, 2.24) is 14.8 Å². The lowest BCUT2D eigenvalue weighted by Gasteiger charge is -2.36. The molecule has 7 heteroatoms. The molecule has 6 nitrogen and oxygen atoms in total. The molecule has 1 fully saturated rings. The van der Waals surface area contributed by atoms with E-state index in [0.717, 1.165) is 28.8 Å². The Hall–Kier alpha value is -2.77. The number of carbonyl (C=O) groups excluding carboxylic acids is 1. The van der Waals surface area contributed by atoms with Crippen LogP contribution in [0.4, 0.5) is 10.1 Å². The van der Waals surface area contributed by atoms with Crippen molar-refractivity contribution < 1.29 is 14.3 Å². The number of aliphatic hydroxyl groups excluding tert-OH is 1. The second-order valence-corrected chi connectivity index (χ2v) is 8.09. The number of hydrogen-bond donors (Lipinski definition) is 2. The maximum Gasteiger partial charge on any atom is 0.237 e. The number of nitrogens with zero attached hydrogens (tertiary/aromatic N) is 3. The highest BCUT2D eigenvalue weighted by atomic mass is 19.1. The van der Waals surface area contributed by atoms with Gasteiger partial charge in [-0.1, -0.05) is 12.1 Å². The molecule has 5 rings (SSSR count). The van der Waals surface area contributed by atoms with Crippen LogP contribution in [0, 0.1) is 18.7 Å². The van der Waals surface area contributed by atoms with Gasteiger partial charge in [0.25, 0.3) is 0 Å². The maximum absolute atomic E-state index is 13.6. The predicted octanol–water partition coefficient (Wildman–Crippen LogP) is 2.35. The molecular formula is C22H23FN4O2. The Labute approximate surface area is 168 Å². The largest absolute Gasteiger partial charge is 0.361 e. The Morgan fingerprint density at radius 1 is 1.34 bits per heavy atom. The molecule has 1 saturated heterocycles. The lowest BCUT2D eigenvalue weighted by Crippen LogP contribution is -2.50. The van der Waals surface area contributed by atoms with Crippen molar-refractivity contribution >= 4 is 17.2 Å². The van der Waals surface area contributed by atoms with Gasteiger partial charge in [0.1, 0.15) is 5.82 Å². The fourth-order valence-electron chi connectivity index (χ4n) is 4.63. The molecule has 3 heterocycles. The van der Waals surface area contributed by atoms with E-state index in [-0.39, 0.29) is 24.3 Å². The van der Waals surface area contributed by atoms with E-state index in [1.807, 2.05) is 24.1 Å². The molecule has 1 amide bonds. The number of aromatic nitrogens is 1. The van der Waals surface area contributed by atoms with Crippen molar-refractivity contribution in [3.63, 3.8) is 0 Å². The van der Waals surface area contributed by atoms with Gasteiger partial charge in [-0.2, -0.15) is 0 Å². The van der Waals surface area contributed by atoms with E-state index in [1.165, 1.54) is 12.1 Å². The Bertz CT molecular complexity index is 991. The number of nitrogens with one attached hydrogen (secondary N) is 1. The number of aliphatic hydroxyl groups is 1. The molecule has 2 N–H and O–H groups in total. The molecule has 1 aromatic carbocycles. The molecule has 0 saturated carbocycles. The van der Waals surface area contributed by atoms with Crippen LogP contribution in [0.25, 0.3) is 5.57 Å². The smallest absolute Gasteiger partial charge is 0.237 e. The van der Waals surface area contributed by atoms with Crippen LogP contribution in [0.15, 0.2) is 42.6 Å². The lowest BCUT2D eigenvalue weighted by molar-refractivity contribution is -0.135. The third kappa shape index (κ3) is 3.30. The van der Waals surface area contributed by atoms with Gasteiger partial charge in [0.15, 0.2) is 6.35 Å². The zero-order valence-electron chi connectivity index (χ0n) is 16.2. The van der Waals surface area contributed by atoms with Gasteiger partial charge < -0.3 is 15.3 Å². The van der Waals surface area contributed by atoms with Crippen molar-refractivity contribution in [3.8, 4) is 0 Å². The van der Waals surface area contributed by atoms with Crippen molar-refractivity contribution in [2.24, 2.45) is 5.92 Å². The van der Waals surface area contributed by atoms with Crippen molar-refractivity contribution in [3.05, 3.63) is 65.2 Å². The van der Waals surface area contributed by atoms with E-state index in [4.69, 9.17) is 0 Å². The maximum atomic E-state index is 13.6. The highest BCUT2D eigenvalue weighted by Crippen LogP contribution is 2.41. The number of pyridine rings is 1. The number of amides is 1. The minimum atomic E-state index is -0.979. The van der Waals surface area contributed by atoms with Crippen molar-refractivity contribution in [2.75, 3.05) is 18.4 Å². The van der Waals surface area contributed by atoms with Crippen molar-refractivity contribution in [2.45, 2.75) is 32.3 Å². The van der Waals surface area contributed by atoms with Gasteiger partial charge in [-0.25, -0.2) is 9.29 Å². The van der Waals surface area contributed by atoms with Crippen molar-refractivity contribution in [1.29, 1.82) is 0 Å². The summed E-state index contributed by atoms with van der Waals surface area (Å²) in [4.78, 5) is 21.0. The highest BCUT2D eigenvalue weighted by molar-refractivity contribution is 5.84. The first-order valence-electron chi connectivity index (χ1n) is 9.89. The number of aryl methyl sites for hydroxylation is 1. The summed E-state index contributed by atoms with van der Waals surface area (Å²) in [7, 11) is 0. The average Bonchev–Trinajstić information content (AvgIpc) is 3.30. The predicted molar refractivity (Wildman–Crippen MR) is 107 cm³/mol. The zero-order chi connectivity index (χ0) is 20.1. The third-order valence-electron chi connectivity index (χ3n) is 6.08. The summed E-state index contributed by atoms with van der Waals surface area (Å²) in [6, 6.07) is 8.50. The van der Waals surface area contributed by atoms with Gasteiger partial charge >= 0.3 is 0 Å². The summed E-state index contributed by atoms with van der Waals surface area (Å²) < 4.78 is 13.6. The Morgan fingerprint density at radius 3 is 2.97 bits per heavy atom. The van der Waals surface area contributed by atoms with E-state index < -0.39 is 6.35 Å². The summed E-state index contributed by atoms with van der Waals surface area (Å²) in [5.74, 6) is 0.00917. The van der Waals surface area contributed by atoms with Crippen LogP contribution in [0.5, 0.6) is 0 Å². The fourth-order valence-corrected chi connectivity index (χ4v) is 4.63. The molecule has 29 heavy (non-hydrogen) atoms. The van der Waals surface area contributed by atoms with Gasteiger partial charge in [0, 0.05) is 30.7 Å². The number of carbonyl (C=O) groups is 1. The molecule has 0 spiro atoms. The SMILES string of the molecule is Cc1ccc(C2=C[C@H]3C[C@@H]2N(C(=O)CN2Cc4cc(F)ccc4NC2O)C3)cn1. The van der Waals surface area contributed by atoms with Gasteiger partial charge in [-0.3, -0.25) is 9.78 Å². The molecule has 3 atom stereocenters. The standard InChI is InChI=1S/C22H23FN4O2/c1-13-2-3-15(9-24-13)18-6-14-7-20(18)27(10-14)21(28)12-26-11-16-8-17(23)4-5-19(16)25-22(26)29/h2-6,8-9,14,20,22,25,29H,7,10-12H2,1H3/t14-,20-,22?/m0/s1. The Morgan fingerprint density at radius 2 is 2.21 bits per heavy atom. The van der Waals surface area contributed by atoms with Gasteiger partial charge in [0.05, 0.1) is 12.6 Å². The van der Waals surface area contributed by atoms with Crippen LogP contribution in [-0.4, -0.2) is 51.3 Å². The number of hydrogen-bond acceptors (Lipinski definition) is 5. The van der Waals surface area contributed by atoms with Crippen LogP contribution < -0.4 is 5.32 Å². The molecule has 0 radical (unpaired) electrons. The molecule has 2 aliphatic heterocycles. The second kappa shape index (κ2) is 6.93. The van der Waals surface area contributed by atoms with Crippen LogP contribution in [0.1, 0.15) is 23.2 Å². The summed E-state index contributed by atoms with van der Waals surface area (Å²) in [5.41, 5.74) is 4.61. The fraction of sp³-hybridized carbons (Fsp3) is 0.364. The number of fused-ring (bicyclic) bond motifs is 3. The average molecular weight is 394 g/mol. The molecule has 1 aromatic heterocycles. The number of anilines is 1. The summed E-state index contributed by atoms with van der Waals surface area (Å²) in [6.07, 6.45) is 4.09. The molecule has 2 bridgehead atoms. The van der Waals surface area contributed by atoms with E-state index in [0.29, 0.717) is 24.7 Å². The first-order chi connectivity index (χ1) is 14.0. The van der Waals surface area contributed by atoms with E-state index in [9.17, 15) is 14.3 Å². The Kier molecular flexibility index (Phi) is 4.37. The van der Waals surface area contributed by atoms with E-state index >= 15 is 0 Å². The van der Waals surface area contributed by atoms with Gasteiger partial charge in [-0.05, 0) is 60.2 Å². The van der Waals surface area contributed by atoms with Gasteiger partial charge in [-0.15, -0.1) is 0 Å². The topological polar surface area (TPSA) is 68.7 Å². The third-order valence-corrected chi connectivity index (χ3v) is 6.08. The lowest BCUT2D eigenvalue weighted by atomic mass is 10.0. The van der Waals surface area contributed by atoms with Crippen LogP contribution in [-0.2, 0) is 11.3 Å². The first-order valence-corrected chi connectivity index (χ1v) is 9.89. The van der Waals surface area contributed by atoms with E-state index in [1.54, 1.807) is 11.0 Å². The molecule has 1 unspecified atom stereocenters. The summed E-state index contributed by atoms with van der Waals surface area (Å²) in [5, 5.41) is 13.3. The number of likely N-dealkylation sites (tertiary alicyclic amines) is 1.